The van der Waals surface area contributed by atoms with Gasteiger partial charge in [-0.3, -0.25) is 4.68 Å². The molecular weight excluding hydrogens is 238 g/mol. The fourth-order valence-electron chi connectivity index (χ4n) is 2.15. The lowest BCUT2D eigenvalue weighted by Crippen LogP contribution is -2.14. The molecule has 0 amide bonds. The van der Waals surface area contributed by atoms with Crippen LogP contribution in [0.2, 0.25) is 0 Å². The topological polar surface area (TPSA) is 46.0 Å². The second kappa shape index (κ2) is 5.30. The van der Waals surface area contributed by atoms with E-state index >= 15 is 0 Å². The molecule has 0 aliphatic carbocycles. The van der Waals surface area contributed by atoms with Crippen LogP contribution in [0.15, 0.2) is 18.3 Å². The minimum absolute atomic E-state index is 0.762. The average molecular weight is 259 g/mol. The highest BCUT2D eigenvalue weighted by Crippen LogP contribution is 2.22. The molecule has 0 radical (unpaired) electrons. The molecule has 5 nitrogen and oxygen atoms in total. The maximum Gasteiger partial charge on any atom is 0.151 e. The molecule has 0 aliphatic heterocycles. The first-order valence-corrected chi connectivity index (χ1v) is 6.36. The minimum Gasteiger partial charge on any atom is -0.378 e. The number of pyridine rings is 1. The van der Waals surface area contributed by atoms with Crippen molar-refractivity contribution >= 4 is 11.5 Å². The molecule has 102 valence electrons. The number of aromatic nitrogens is 3. The van der Waals surface area contributed by atoms with Crippen molar-refractivity contribution in [2.24, 2.45) is 7.05 Å². The Morgan fingerprint density at radius 2 is 2.05 bits per heavy atom. The molecular formula is C14H21N5. The summed E-state index contributed by atoms with van der Waals surface area (Å²) in [6.45, 7) is 4.89. The summed E-state index contributed by atoms with van der Waals surface area (Å²) in [5.41, 5.74) is 4.55. The third-order valence-corrected chi connectivity index (χ3v) is 3.32. The van der Waals surface area contributed by atoms with Gasteiger partial charge in [0.05, 0.1) is 11.4 Å². The Morgan fingerprint density at radius 3 is 2.63 bits per heavy atom. The summed E-state index contributed by atoms with van der Waals surface area (Å²) >= 11 is 0. The van der Waals surface area contributed by atoms with Gasteiger partial charge in [-0.2, -0.15) is 5.10 Å². The van der Waals surface area contributed by atoms with E-state index in [1.807, 2.05) is 49.8 Å². The van der Waals surface area contributed by atoms with E-state index in [0.717, 1.165) is 23.7 Å². The number of hydrogen-bond acceptors (Lipinski definition) is 4. The Hall–Kier alpha value is -2.04. The van der Waals surface area contributed by atoms with Crippen molar-refractivity contribution < 1.29 is 0 Å². The Bertz CT molecular complexity index is 571. The van der Waals surface area contributed by atoms with Gasteiger partial charge in [0.1, 0.15) is 0 Å². The zero-order valence-corrected chi connectivity index (χ0v) is 12.2. The van der Waals surface area contributed by atoms with E-state index in [1.165, 1.54) is 11.3 Å². The molecule has 0 spiro atoms. The molecule has 2 aromatic rings. The zero-order valence-electron chi connectivity index (χ0n) is 12.2. The standard InChI is InChI=1S/C14H21N5/c1-10-12(11(2)19(5)17-10)9-16-13-7-6-8-15-14(13)18(3)4/h6-8,16H,9H2,1-5H3. The van der Waals surface area contributed by atoms with E-state index in [0.29, 0.717) is 0 Å². The maximum atomic E-state index is 4.43. The SMILES string of the molecule is Cc1nn(C)c(C)c1CNc1cccnc1N(C)C. The molecule has 0 unspecified atom stereocenters. The van der Waals surface area contributed by atoms with Gasteiger partial charge in [0, 0.05) is 45.1 Å². The summed E-state index contributed by atoms with van der Waals surface area (Å²) in [4.78, 5) is 6.39. The predicted octanol–water partition coefficient (Wildman–Crippen LogP) is 2.11. The second-order valence-corrected chi connectivity index (χ2v) is 4.90. The number of aryl methyl sites for hydroxylation is 2. The second-order valence-electron chi connectivity index (χ2n) is 4.90. The Morgan fingerprint density at radius 1 is 1.32 bits per heavy atom. The van der Waals surface area contributed by atoms with Gasteiger partial charge < -0.3 is 10.2 Å². The van der Waals surface area contributed by atoms with E-state index in [2.05, 4.69) is 22.3 Å². The van der Waals surface area contributed by atoms with Gasteiger partial charge in [-0.1, -0.05) is 0 Å². The third-order valence-electron chi connectivity index (χ3n) is 3.32. The molecule has 1 N–H and O–H groups in total. The van der Waals surface area contributed by atoms with Gasteiger partial charge in [0.2, 0.25) is 0 Å². The fourth-order valence-corrected chi connectivity index (χ4v) is 2.15. The van der Waals surface area contributed by atoms with Crippen LogP contribution in [0.5, 0.6) is 0 Å². The zero-order chi connectivity index (χ0) is 14.0. The van der Waals surface area contributed by atoms with Crippen LogP contribution in [0, 0.1) is 13.8 Å². The van der Waals surface area contributed by atoms with Crippen LogP contribution >= 0.6 is 0 Å². The summed E-state index contributed by atoms with van der Waals surface area (Å²) in [6.07, 6.45) is 1.81. The molecule has 5 heteroatoms. The summed E-state index contributed by atoms with van der Waals surface area (Å²) in [6, 6.07) is 3.99. The molecule has 0 aromatic carbocycles. The van der Waals surface area contributed by atoms with Crippen molar-refractivity contribution in [3.8, 4) is 0 Å². The molecule has 0 fully saturated rings. The molecule has 0 bridgehead atoms. The normalized spacial score (nSPS) is 10.6. The number of nitrogens with one attached hydrogen (secondary N) is 1. The van der Waals surface area contributed by atoms with Gasteiger partial charge in [0.15, 0.2) is 5.82 Å². The van der Waals surface area contributed by atoms with Gasteiger partial charge in [-0.25, -0.2) is 4.98 Å². The van der Waals surface area contributed by atoms with Crippen LogP contribution in [-0.4, -0.2) is 28.9 Å². The van der Waals surface area contributed by atoms with E-state index in [9.17, 15) is 0 Å². The van der Waals surface area contributed by atoms with Crippen LogP contribution in [0.3, 0.4) is 0 Å². The molecule has 0 aliphatic rings. The Kier molecular flexibility index (Phi) is 3.74. The van der Waals surface area contributed by atoms with Crippen molar-refractivity contribution in [3.05, 3.63) is 35.3 Å². The highest BCUT2D eigenvalue weighted by atomic mass is 15.3. The first-order valence-electron chi connectivity index (χ1n) is 6.36. The van der Waals surface area contributed by atoms with Crippen molar-refractivity contribution in [1.29, 1.82) is 0 Å². The van der Waals surface area contributed by atoms with Crippen molar-refractivity contribution in [2.45, 2.75) is 20.4 Å². The van der Waals surface area contributed by atoms with E-state index in [4.69, 9.17) is 0 Å². The van der Waals surface area contributed by atoms with Crippen LogP contribution in [0.25, 0.3) is 0 Å². The predicted molar refractivity (Wildman–Crippen MR) is 78.6 cm³/mol. The van der Waals surface area contributed by atoms with Gasteiger partial charge in [-0.05, 0) is 26.0 Å². The molecule has 0 atom stereocenters. The molecule has 0 saturated heterocycles. The molecule has 2 heterocycles. The number of nitrogens with zero attached hydrogens (tertiary/aromatic N) is 4. The van der Waals surface area contributed by atoms with Crippen LogP contribution < -0.4 is 10.2 Å². The van der Waals surface area contributed by atoms with E-state index in [-0.39, 0.29) is 0 Å². The average Bonchev–Trinajstić information content (AvgIpc) is 2.61. The lowest BCUT2D eigenvalue weighted by atomic mass is 10.2. The van der Waals surface area contributed by atoms with Gasteiger partial charge in [0.25, 0.3) is 0 Å². The lowest BCUT2D eigenvalue weighted by Gasteiger charge is -2.17. The minimum atomic E-state index is 0.762. The van der Waals surface area contributed by atoms with Gasteiger partial charge >= 0.3 is 0 Å². The first kappa shape index (κ1) is 13.4. The largest absolute Gasteiger partial charge is 0.378 e. The van der Waals surface area contributed by atoms with Crippen LogP contribution in [-0.2, 0) is 13.6 Å². The molecule has 19 heavy (non-hydrogen) atoms. The lowest BCUT2D eigenvalue weighted by molar-refractivity contribution is 0.730. The Labute approximate surface area is 114 Å². The maximum absolute atomic E-state index is 4.43. The van der Waals surface area contributed by atoms with Crippen LogP contribution in [0.4, 0.5) is 11.5 Å². The van der Waals surface area contributed by atoms with Crippen molar-refractivity contribution in [2.75, 3.05) is 24.3 Å². The van der Waals surface area contributed by atoms with Crippen molar-refractivity contribution in [3.63, 3.8) is 0 Å². The smallest absolute Gasteiger partial charge is 0.151 e. The highest BCUT2D eigenvalue weighted by molar-refractivity contribution is 5.64. The molecule has 2 rings (SSSR count). The third kappa shape index (κ3) is 2.70. The summed E-state index contributed by atoms with van der Waals surface area (Å²) in [5.74, 6) is 0.946. The van der Waals surface area contributed by atoms with Gasteiger partial charge in [-0.15, -0.1) is 0 Å². The highest BCUT2D eigenvalue weighted by Gasteiger charge is 2.10. The summed E-state index contributed by atoms with van der Waals surface area (Å²) < 4.78 is 1.92. The monoisotopic (exact) mass is 259 g/mol. The van der Waals surface area contributed by atoms with E-state index in [1.54, 1.807) is 6.20 Å². The molecule has 0 saturated carbocycles. The summed E-state index contributed by atoms with van der Waals surface area (Å²) in [7, 11) is 5.96. The van der Waals surface area contributed by atoms with Crippen LogP contribution in [0.1, 0.15) is 17.0 Å². The number of anilines is 2. The van der Waals surface area contributed by atoms with Crippen molar-refractivity contribution in [1.82, 2.24) is 14.8 Å². The van der Waals surface area contributed by atoms with E-state index < -0.39 is 0 Å². The fraction of sp³-hybridized carbons (Fsp3) is 0.429. The number of hydrogen-bond donors (Lipinski definition) is 1. The Balaban J connectivity index is 2.19. The number of rotatable bonds is 4. The summed E-state index contributed by atoms with van der Waals surface area (Å²) in [5, 5.41) is 7.88. The first-order chi connectivity index (χ1) is 9.00. The quantitative estimate of drug-likeness (QED) is 0.913. The molecule has 2 aromatic heterocycles.